The molecule has 0 amide bonds. The zero-order valence-corrected chi connectivity index (χ0v) is 14.8. The van der Waals surface area contributed by atoms with Crippen molar-refractivity contribution in [2.45, 2.75) is 0 Å². The van der Waals surface area contributed by atoms with Crippen LogP contribution in [0.3, 0.4) is 0 Å². The van der Waals surface area contributed by atoms with Crippen LogP contribution >= 0.6 is 0 Å². The van der Waals surface area contributed by atoms with Crippen LogP contribution in [0.25, 0.3) is 16.6 Å². The summed E-state index contributed by atoms with van der Waals surface area (Å²) in [5.41, 5.74) is 1.65. The molecule has 0 fully saturated rings. The third kappa shape index (κ3) is 3.57. The zero-order chi connectivity index (χ0) is 17.9. The van der Waals surface area contributed by atoms with Crippen molar-refractivity contribution < 1.29 is 4.74 Å². The number of para-hydroxylation sites is 1. The van der Waals surface area contributed by atoms with Gasteiger partial charge in [-0.15, -0.1) is 5.10 Å². The molecule has 0 spiro atoms. The second-order valence-electron chi connectivity index (χ2n) is 6.27. The Morgan fingerprint density at radius 2 is 1.96 bits per heavy atom. The van der Waals surface area contributed by atoms with Crippen LogP contribution in [0.1, 0.15) is 0 Å². The van der Waals surface area contributed by atoms with E-state index in [1.165, 1.54) is 0 Å². The number of ether oxygens (including phenoxy) is 1. The van der Waals surface area contributed by atoms with Crippen molar-refractivity contribution in [1.82, 2.24) is 24.5 Å². The lowest BCUT2D eigenvalue weighted by atomic mass is 10.2. The van der Waals surface area contributed by atoms with Gasteiger partial charge < -0.3 is 15.0 Å². The molecule has 4 rings (SSSR count). The Morgan fingerprint density at radius 1 is 1.08 bits per heavy atom. The molecule has 0 aliphatic rings. The summed E-state index contributed by atoms with van der Waals surface area (Å²) >= 11 is 0. The summed E-state index contributed by atoms with van der Waals surface area (Å²) in [6.45, 7) is 1.49. The van der Waals surface area contributed by atoms with E-state index in [9.17, 15) is 0 Å². The molecule has 0 atom stereocenters. The maximum atomic E-state index is 5.75. The van der Waals surface area contributed by atoms with Crippen molar-refractivity contribution in [3.63, 3.8) is 0 Å². The van der Waals surface area contributed by atoms with E-state index in [1.807, 2.05) is 68.8 Å². The lowest BCUT2D eigenvalue weighted by molar-refractivity contribution is 0.261. The predicted octanol–water partition coefficient (Wildman–Crippen LogP) is 2.96. The summed E-state index contributed by atoms with van der Waals surface area (Å²) in [6.07, 6.45) is 1.84. The lowest BCUT2D eigenvalue weighted by Gasteiger charge is -2.10. The van der Waals surface area contributed by atoms with E-state index in [0.29, 0.717) is 18.4 Å². The van der Waals surface area contributed by atoms with Gasteiger partial charge in [0.15, 0.2) is 5.65 Å². The van der Waals surface area contributed by atoms with Crippen LogP contribution in [0.2, 0.25) is 0 Å². The van der Waals surface area contributed by atoms with Crippen LogP contribution in [-0.2, 0) is 0 Å². The van der Waals surface area contributed by atoms with E-state index in [0.717, 1.165) is 28.8 Å². The fourth-order valence-corrected chi connectivity index (χ4v) is 2.60. The SMILES string of the molecule is CN(C)CCOc1ccn2nc(Nc3ccc4ccccc4n3)nc2c1. The van der Waals surface area contributed by atoms with Gasteiger partial charge in [0.05, 0.1) is 5.52 Å². The Labute approximate surface area is 151 Å². The third-order valence-electron chi connectivity index (χ3n) is 3.95. The number of hydrogen-bond donors (Lipinski definition) is 1. The quantitative estimate of drug-likeness (QED) is 0.578. The molecule has 1 aromatic carbocycles. The van der Waals surface area contributed by atoms with Crippen molar-refractivity contribution in [1.29, 1.82) is 0 Å². The standard InChI is InChI=1S/C19H20N6O/c1-24(2)11-12-26-15-9-10-25-18(13-15)22-19(23-25)21-17-8-7-14-5-3-4-6-16(14)20-17/h3-10,13H,11-12H2,1-2H3,(H,20,21,23). The number of nitrogens with one attached hydrogen (secondary N) is 1. The van der Waals surface area contributed by atoms with E-state index in [4.69, 9.17) is 4.74 Å². The number of likely N-dealkylation sites (N-methyl/N-ethyl adjacent to an activating group) is 1. The molecule has 4 aromatic rings. The molecular formula is C19H20N6O. The van der Waals surface area contributed by atoms with Gasteiger partial charge in [0.2, 0.25) is 5.95 Å². The van der Waals surface area contributed by atoms with Crippen LogP contribution in [0, 0.1) is 0 Å². The maximum Gasteiger partial charge on any atom is 0.248 e. The number of rotatable bonds is 6. The smallest absolute Gasteiger partial charge is 0.248 e. The van der Waals surface area contributed by atoms with Crippen LogP contribution in [0.5, 0.6) is 5.75 Å². The van der Waals surface area contributed by atoms with E-state index >= 15 is 0 Å². The van der Waals surface area contributed by atoms with E-state index in [1.54, 1.807) is 4.52 Å². The van der Waals surface area contributed by atoms with Crippen molar-refractivity contribution in [2.24, 2.45) is 0 Å². The van der Waals surface area contributed by atoms with E-state index in [-0.39, 0.29) is 0 Å². The average Bonchev–Trinajstić information content (AvgIpc) is 3.03. The molecule has 0 unspecified atom stereocenters. The lowest BCUT2D eigenvalue weighted by Crippen LogP contribution is -2.19. The first-order valence-corrected chi connectivity index (χ1v) is 8.44. The summed E-state index contributed by atoms with van der Waals surface area (Å²) in [4.78, 5) is 11.2. The first-order valence-electron chi connectivity index (χ1n) is 8.44. The topological polar surface area (TPSA) is 67.6 Å². The van der Waals surface area contributed by atoms with Crippen LogP contribution < -0.4 is 10.1 Å². The normalized spacial score (nSPS) is 11.3. The number of fused-ring (bicyclic) bond motifs is 2. The summed E-state index contributed by atoms with van der Waals surface area (Å²) in [7, 11) is 4.04. The monoisotopic (exact) mass is 348 g/mol. The summed E-state index contributed by atoms with van der Waals surface area (Å²) in [5.74, 6) is 1.99. The molecule has 3 heterocycles. The number of benzene rings is 1. The highest BCUT2D eigenvalue weighted by Crippen LogP contribution is 2.19. The predicted molar refractivity (Wildman–Crippen MR) is 102 cm³/mol. The maximum absolute atomic E-state index is 5.75. The fourth-order valence-electron chi connectivity index (χ4n) is 2.60. The minimum absolute atomic E-state index is 0.498. The van der Waals surface area contributed by atoms with Crippen molar-refractivity contribution in [2.75, 3.05) is 32.6 Å². The second-order valence-corrected chi connectivity index (χ2v) is 6.27. The van der Waals surface area contributed by atoms with Crippen LogP contribution in [0.15, 0.2) is 54.7 Å². The van der Waals surface area contributed by atoms with Gasteiger partial charge >= 0.3 is 0 Å². The highest BCUT2D eigenvalue weighted by atomic mass is 16.5. The highest BCUT2D eigenvalue weighted by Gasteiger charge is 2.07. The Kier molecular flexibility index (Phi) is 4.37. The zero-order valence-electron chi connectivity index (χ0n) is 14.8. The molecule has 0 radical (unpaired) electrons. The fraction of sp³-hybridized carbons (Fsp3) is 0.211. The largest absolute Gasteiger partial charge is 0.492 e. The molecule has 26 heavy (non-hydrogen) atoms. The summed E-state index contributed by atoms with van der Waals surface area (Å²) < 4.78 is 7.46. The number of pyridine rings is 2. The molecule has 7 heteroatoms. The molecular weight excluding hydrogens is 328 g/mol. The van der Waals surface area contributed by atoms with Gasteiger partial charge in [-0.25, -0.2) is 9.50 Å². The van der Waals surface area contributed by atoms with Gasteiger partial charge in [-0.05, 0) is 38.4 Å². The first-order chi connectivity index (χ1) is 12.7. The molecule has 0 aliphatic carbocycles. The second kappa shape index (κ2) is 6.97. The molecule has 0 aliphatic heterocycles. The number of hydrogen-bond acceptors (Lipinski definition) is 6. The van der Waals surface area contributed by atoms with Crippen molar-refractivity contribution >= 4 is 28.3 Å². The Balaban J connectivity index is 1.52. The Hall–Kier alpha value is -3.19. The van der Waals surface area contributed by atoms with Gasteiger partial charge in [-0.3, -0.25) is 0 Å². The average molecular weight is 348 g/mol. The van der Waals surface area contributed by atoms with Crippen LogP contribution in [-0.4, -0.2) is 51.7 Å². The molecule has 132 valence electrons. The van der Waals surface area contributed by atoms with Crippen LogP contribution in [0.4, 0.5) is 11.8 Å². The Morgan fingerprint density at radius 3 is 2.85 bits per heavy atom. The third-order valence-corrected chi connectivity index (χ3v) is 3.95. The minimum atomic E-state index is 0.498. The number of nitrogens with zero attached hydrogens (tertiary/aromatic N) is 5. The summed E-state index contributed by atoms with van der Waals surface area (Å²) in [5, 5.41) is 8.69. The molecule has 3 aromatic heterocycles. The molecule has 0 saturated heterocycles. The van der Waals surface area contributed by atoms with Gasteiger partial charge in [0, 0.05) is 24.2 Å². The highest BCUT2D eigenvalue weighted by molar-refractivity contribution is 5.80. The summed E-state index contributed by atoms with van der Waals surface area (Å²) in [6, 6.07) is 15.7. The van der Waals surface area contributed by atoms with Gasteiger partial charge in [-0.2, -0.15) is 4.98 Å². The molecule has 1 N–H and O–H groups in total. The minimum Gasteiger partial charge on any atom is -0.492 e. The Bertz CT molecular complexity index is 1040. The van der Waals surface area contributed by atoms with Gasteiger partial charge in [-0.1, -0.05) is 18.2 Å². The van der Waals surface area contributed by atoms with E-state index in [2.05, 4.69) is 25.3 Å². The van der Waals surface area contributed by atoms with Gasteiger partial charge in [0.1, 0.15) is 18.2 Å². The van der Waals surface area contributed by atoms with E-state index < -0.39 is 0 Å². The number of anilines is 2. The molecule has 0 saturated carbocycles. The number of aromatic nitrogens is 4. The van der Waals surface area contributed by atoms with Gasteiger partial charge in [0.25, 0.3) is 0 Å². The van der Waals surface area contributed by atoms with Crippen molar-refractivity contribution in [3.05, 3.63) is 54.7 Å². The first kappa shape index (κ1) is 16.3. The van der Waals surface area contributed by atoms with Crippen molar-refractivity contribution in [3.8, 4) is 5.75 Å². The molecule has 0 bridgehead atoms. The molecule has 7 nitrogen and oxygen atoms in total.